The molecule has 0 unspecified atom stereocenters. The van der Waals surface area contributed by atoms with Crippen molar-refractivity contribution in [2.24, 2.45) is 17.1 Å². The van der Waals surface area contributed by atoms with Crippen LogP contribution in [0.15, 0.2) is 0 Å². The van der Waals surface area contributed by atoms with Gasteiger partial charge in [-0.25, -0.2) is 0 Å². The second-order valence-corrected chi connectivity index (χ2v) is 7.28. The van der Waals surface area contributed by atoms with Gasteiger partial charge < -0.3 is 10.6 Å². The van der Waals surface area contributed by atoms with Gasteiger partial charge in [0.2, 0.25) is 11.8 Å². The Morgan fingerprint density at radius 2 is 2.10 bits per heavy atom. The molecule has 5 heteroatoms. The van der Waals surface area contributed by atoms with Crippen LogP contribution in [0.4, 0.5) is 0 Å². The SMILES string of the molecule is CC(C)CCN1C[C@]2(CCCN(CC(N)=O)C2)CCC1=O. The minimum atomic E-state index is -0.254. The van der Waals surface area contributed by atoms with Crippen LogP contribution in [0.5, 0.6) is 0 Å². The molecule has 120 valence electrons. The lowest BCUT2D eigenvalue weighted by atomic mass is 9.73. The molecule has 0 aromatic heterocycles. The first-order chi connectivity index (χ1) is 9.90. The van der Waals surface area contributed by atoms with Crippen molar-refractivity contribution in [2.45, 2.75) is 46.0 Å². The number of primary amides is 1. The monoisotopic (exact) mass is 295 g/mol. The molecular formula is C16H29N3O2. The summed E-state index contributed by atoms with van der Waals surface area (Å²) >= 11 is 0. The first-order valence-electron chi connectivity index (χ1n) is 8.19. The smallest absolute Gasteiger partial charge is 0.231 e. The van der Waals surface area contributed by atoms with E-state index in [0.29, 0.717) is 24.8 Å². The first-order valence-corrected chi connectivity index (χ1v) is 8.19. The van der Waals surface area contributed by atoms with E-state index in [2.05, 4.69) is 23.6 Å². The van der Waals surface area contributed by atoms with Crippen molar-refractivity contribution in [3.05, 3.63) is 0 Å². The quantitative estimate of drug-likeness (QED) is 0.829. The van der Waals surface area contributed by atoms with Gasteiger partial charge in [-0.15, -0.1) is 0 Å². The van der Waals surface area contributed by atoms with Crippen molar-refractivity contribution in [2.75, 3.05) is 32.7 Å². The Hall–Kier alpha value is -1.10. The molecule has 2 aliphatic heterocycles. The molecule has 0 bridgehead atoms. The van der Waals surface area contributed by atoms with Gasteiger partial charge in [-0.2, -0.15) is 0 Å². The standard InChI is InChI=1S/C16H29N3O2/c1-13(2)5-9-19-12-16(7-4-15(19)21)6-3-8-18(11-16)10-14(17)20/h13H,3-12H2,1-2H3,(H2,17,20)/t16-/m1/s1. The van der Waals surface area contributed by atoms with Crippen LogP contribution in [0.3, 0.4) is 0 Å². The lowest BCUT2D eigenvalue weighted by Crippen LogP contribution is -2.55. The number of nitrogens with two attached hydrogens (primary N) is 1. The predicted molar refractivity (Wildman–Crippen MR) is 82.6 cm³/mol. The van der Waals surface area contributed by atoms with Gasteiger partial charge in [0.05, 0.1) is 6.54 Å². The molecule has 2 fully saturated rings. The Morgan fingerprint density at radius 1 is 1.33 bits per heavy atom. The van der Waals surface area contributed by atoms with E-state index >= 15 is 0 Å². The maximum atomic E-state index is 12.1. The molecule has 2 N–H and O–H groups in total. The highest BCUT2D eigenvalue weighted by Crippen LogP contribution is 2.38. The number of hydrogen-bond acceptors (Lipinski definition) is 3. The van der Waals surface area contributed by atoms with Crippen molar-refractivity contribution in [1.82, 2.24) is 9.80 Å². The zero-order valence-electron chi connectivity index (χ0n) is 13.4. The molecule has 5 nitrogen and oxygen atoms in total. The predicted octanol–water partition coefficient (Wildman–Crippen LogP) is 1.22. The molecule has 0 radical (unpaired) electrons. The average molecular weight is 295 g/mol. The van der Waals surface area contributed by atoms with Crippen LogP contribution in [-0.4, -0.2) is 54.3 Å². The van der Waals surface area contributed by atoms with E-state index in [0.717, 1.165) is 51.9 Å². The number of rotatable bonds is 5. The summed E-state index contributed by atoms with van der Waals surface area (Å²) in [6.07, 6.45) is 4.93. The Kier molecular flexibility index (Phi) is 5.25. The summed E-state index contributed by atoms with van der Waals surface area (Å²) in [7, 11) is 0. The van der Waals surface area contributed by atoms with E-state index in [-0.39, 0.29) is 11.3 Å². The van der Waals surface area contributed by atoms with Crippen LogP contribution in [0.2, 0.25) is 0 Å². The molecule has 1 atom stereocenters. The lowest BCUT2D eigenvalue weighted by molar-refractivity contribution is -0.140. The summed E-state index contributed by atoms with van der Waals surface area (Å²) in [5.74, 6) is 0.664. The van der Waals surface area contributed by atoms with Crippen molar-refractivity contribution >= 4 is 11.8 Å². The Balaban J connectivity index is 1.97. The van der Waals surface area contributed by atoms with E-state index in [1.54, 1.807) is 0 Å². The van der Waals surface area contributed by atoms with Crippen LogP contribution < -0.4 is 5.73 Å². The third kappa shape index (κ3) is 4.43. The topological polar surface area (TPSA) is 66.6 Å². The number of nitrogens with zero attached hydrogens (tertiary/aromatic N) is 2. The van der Waals surface area contributed by atoms with Crippen molar-refractivity contribution in [3.63, 3.8) is 0 Å². The summed E-state index contributed by atoms with van der Waals surface area (Å²) in [5, 5.41) is 0. The normalized spacial score (nSPS) is 27.6. The number of hydrogen-bond donors (Lipinski definition) is 1. The van der Waals surface area contributed by atoms with E-state index in [4.69, 9.17) is 5.73 Å². The highest BCUT2D eigenvalue weighted by molar-refractivity contribution is 5.77. The van der Waals surface area contributed by atoms with Crippen LogP contribution in [0.1, 0.15) is 46.0 Å². The molecule has 2 aliphatic rings. The molecule has 2 rings (SSSR count). The number of carbonyl (C=O) groups excluding carboxylic acids is 2. The maximum absolute atomic E-state index is 12.1. The fourth-order valence-corrected chi connectivity index (χ4v) is 3.72. The highest BCUT2D eigenvalue weighted by atomic mass is 16.2. The van der Waals surface area contributed by atoms with Crippen molar-refractivity contribution in [1.29, 1.82) is 0 Å². The van der Waals surface area contributed by atoms with Crippen LogP contribution in [0.25, 0.3) is 0 Å². The Labute approximate surface area is 127 Å². The number of piperidine rings is 2. The third-order valence-electron chi connectivity index (χ3n) is 4.84. The Bertz CT molecular complexity index is 397. The largest absolute Gasteiger partial charge is 0.369 e. The van der Waals surface area contributed by atoms with E-state index in [9.17, 15) is 9.59 Å². The lowest BCUT2D eigenvalue weighted by Gasteiger charge is -2.48. The summed E-state index contributed by atoms with van der Waals surface area (Å²) in [5.41, 5.74) is 5.51. The summed E-state index contributed by atoms with van der Waals surface area (Å²) < 4.78 is 0. The number of amides is 2. The molecule has 0 aromatic carbocycles. The van der Waals surface area contributed by atoms with Gasteiger partial charge in [0, 0.05) is 31.5 Å². The number of carbonyl (C=O) groups is 2. The zero-order valence-corrected chi connectivity index (χ0v) is 13.4. The van der Waals surface area contributed by atoms with Crippen molar-refractivity contribution in [3.8, 4) is 0 Å². The zero-order chi connectivity index (χ0) is 15.5. The molecule has 2 amide bonds. The van der Waals surface area contributed by atoms with Gasteiger partial charge in [-0.3, -0.25) is 14.5 Å². The summed E-state index contributed by atoms with van der Waals surface area (Å²) in [6, 6.07) is 0. The second kappa shape index (κ2) is 6.77. The van der Waals surface area contributed by atoms with E-state index in [1.165, 1.54) is 0 Å². The first kappa shape index (κ1) is 16.3. The average Bonchev–Trinajstić information content (AvgIpc) is 2.39. The highest BCUT2D eigenvalue weighted by Gasteiger charge is 2.41. The molecule has 0 saturated carbocycles. The van der Waals surface area contributed by atoms with Crippen LogP contribution >= 0.6 is 0 Å². The maximum Gasteiger partial charge on any atom is 0.231 e. The van der Waals surface area contributed by atoms with Gasteiger partial charge in [0.1, 0.15) is 0 Å². The van der Waals surface area contributed by atoms with E-state index in [1.807, 2.05) is 0 Å². The van der Waals surface area contributed by atoms with Gasteiger partial charge >= 0.3 is 0 Å². The molecule has 0 aliphatic carbocycles. The molecule has 2 saturated heterocycles. The molecule has 1 spiro atoms. The van der Waals surface area contributed by atoms with Gasteiger partial charge in [-0.05, 0) is 38.1 Å². The van der Waals surface area contributed by atoms with Crippen LogP contribution in [0, 0.1) is 11.3 Å². The fourth-order valence-electron chi connectivity index (χ4n) is 3.72. The summed E-state index contributed by atoms with van der Waals surface area (Å²) in [6.45, 7) is 8.31. The number of likely N-dealkylation sites (tertiary alicyclic amines) is 2. The minimum absolute atomic E-state index is 0.179. The molecule has 0 aromatic rings. The van der Waals surface area contributed by atoms with Gasteiger partial charge in [0.15, 0.2) is 0 Å². The van der Waals surface area contributed by atoms with Crippen LogP contribution in [-0.2, 0) is 9.59 Å². The molecule has 21 heavy (non-hydrogen) atoms. The molecule has 2 heterocycles. The molecular weight excluding hydrogens is 266 g/mol. The Morgan fingerprint density at radius 3 is 2.76 bits per heavy atom. The van der Waals surface area contributed by atoms with Crippen molar-refractivity contribution < 1.29 is 9.59 Å². The second-order valence-electron chi connectivity index (χ2n) is 7.28. The summed E-state index contributed by atoms with van der Waals surface area (Å²) in [4.78, 5) is 27.5. The fraction of sp³-hybridized carbons (Fsp3) is 0.875. The van der Waals surface area contributed by atoms with Gasteiger partial charge in [-0.1, -0.05) is 13.8 Å². The van der Waals surface area contributed by atoms with Gasteiger partial charge in [0.25, 0.3) is 0 Å². The minimum Gasteiger partial charge on any atom is -0.369 e. The van der Waals surface area contributed by atoms with E-state index < -0.39 is 0 Å². The third-order valence-corrected chi connectivity index (χ3v) is 4.84.